The summed E-state index contributed by atoms with van der Waals surface area (Å²) in [5, 5.41) is 2.56. The Bertz CT molecular complexity index is 749. The summed E-state index contributed by atoms with van der Waals surface area (Å²) in [6.07, 6.45) is 4.89. The van der Waals surface area contributed by atoms with Crippen LogP contribution in [0.15, 0.2) is 18.2 Å². The summed E-state index contributed by atoms with van der Waals surface area (Å²) in [6, 6.07) is 5.11. The van der Waals surface area contributed by atoms with Crippen molar-refractivity contribution in [1.29, 1.82) is 0 Å². The van der Waals surface area contributed by atoms with E-state index in [2.05, 4.69) is 20.9 Å². The Kier molecular flexibility index (Phi) is 8.98. The van der Waals surface area contributed by atoms with Gasteiger partial charge in [-0.2, -0.15) is 0 Å². The zero-order valence-corrected chi connectivity index (χ0v) is 19.2. The van der Waals surface area contributed by atoms with Crippen molar-refractivity contribution in [2.75, 3.05) is 46.4 Å². The molecule has 1 saturated heterocycles. The number of urea groups is 1. The number of carbonyl (C=O) groups is 2. The maximum absolute atomic E-state index is 14.1. The van der Waals surface area contributed by atoms with Crippen molar-refractivity contribution in [3.05, 3.63) is 29.6 Å². The van der Waals surface area contributed by atoms with Gasteiger partial charge in [-0.1, -0.05) is 6.07 Å². The molecule has 2 amide bonds. The first-order valence-corrected chi connectivity index (χ1v) is 11.8. The highest BCUT2D eigenvalue weighted by atomic mass is 32.2. The Labute approximate surface area is 188 Å². The van der Waals surface area contributed by atoms with E-state index in [4.69, 9.17) is 4.74 Å². The first kappa shape index (κ1) is 23.8. The van der Waals surface area contributed by atoms with Gasteiger partial charge in [-0.05, 0) is 56.2 Å². The first-order valence-electron chi connectivity index (χ1n) is 11.0. The second-order valence-electron chi connectivity index (χ2n) is 8.15. The quantitative estimate of drug-likeness (QED) is 0.298. The fourth-order valence-electron chi connectivity index (χ4n) is 3.52. The van der Waals surface area contributed by atoms with Crippen molar-refractivity contribution in [3.63, 3.8) is 0 Å². The molecule has 1 unspecified atom stereocenters. The number of hydrogen-bond acceptors (Lipinski definition) is 6. The lowest BCUT2D eigenvalue weighted by atomic mass is 10.1. The predicted molar refractivity (Wildman–Crippen MR) is 120 cm³/mol. The molecule has 1 saturated carbocycles. The summed E-state index contributed by atoms with van der Waals surface area (Å²) in [5.41, 5.74) is 1.05. The lowest BCUT2D eigenvalue weighted by Crippen LogP contribution is -2.39. The topological polar surface area (TPSA) is 65.1 Å². The zero-order valence-electron chi connectivity index (χ0n) is 18.4. The minimum Gasteiger partial charge on any atom is -0.490 e. The molecule has 1 heterocycles. The first-order chi connectivity index (χ1) is 15.0. The smallest absolute Gasteiger partial charge is 0.317 e. The molecular formula is C22H33FN4O3S. The molecule has 0 radical (unpaired) electrons. The highest BCUT2D eigenvalue weighted by molar-refractivity contribution is 7.94. The van der Waals surface area contributed by atoms with Gasteiger partial charge in [-0.15, -0.1) is 0 Å². The SMILES string of the molecule is CNC(=O)N(CC=O)CCCCN1CCN(C(C)c2ccc(F)c(OCC3CC3)c2)S1. The van der Waals surface area contributed by atoms with Crippen LogP contribution in [-0.4, -0.2) is 72.2 Å². The number of benzene rings is 1. The summed E-state index contributed by atoms with van der Waals surface area (Å²) >= 11 is 1.71. The highest BCUT2D eigenvalue weighted by Gasteiger charge is 2.27. The van der Waals surface area contributed by atoms with Crippen molar-refractivity contribution >= 4 is 24.5 Å². The van der Waals surface area contributed by atoms with Crippen molar-refractivity contribution in [2.45, 2.75) is 38.6 Å². The van der Waals surface area contributed by atoms with Gasteiger partial charge in [0.05, 0.1) is 13.2 Å². The van der Waals surface area contributed by atoms with Crippen LogP contribution in [-0.2, 0) is 4.79 Å². The van der Waals surface area contributed by atoms with E-state index in [1.165, 1.54) is 23.8 Å². The maximum atomic E-state index is 14.1. The average Bonchev–Trinajstić information content (AvgIpc) is 3.49. The van der Waals surface area contributed by atoms with Crippen LogP contribution in [0.1, 0.15) is 44.2 Å². The maximum Gasteiger partial charge on any atom is 0.317 e. The molecule has 2 fully saturated rings. The molecule has 9 heteroatoms. The van der Waals surface area contributed by atoms with E-state index >= 15 is 0 Å². The van der Waals surface area contributed by atoms with Crippen LogP contribution in [0.25, 0.3) is 0 Å². The molecule has 0 bridgehead atoms. The number of ether oxygens (including phenoxy) is 1. The molecule has 172 valence electrons. The summed E-state index contributed by atoms with van der Waals surface area (Å²) in [4.78, 5) is 24.0. The van der Waals surface area contributed by atoms with Crippen LogP contribution >= 0.6 is 12.1 Å². The molecule has 1 N–H and O–H groups in total. The molecule has 0 aromatic heterocycles. The third kappa shape index (κ3) is 7.08. The Morgan fingerprint density at radius 1 is 1.39 bits per heavy atom. The third-order valence-electron chi connectivity index (χ3n) is 5.71. The van der Waals surface area contributed by atoms with E-state index in [0.717, 1.165) is 44.3 Å². The van der Waals surface area contributed by atoms with E-state index in [1.807, 2.05) is 12.1 Å². The molecule has 1 aromatic rings. The monoisotopic (exact) mass is 452 g/mol. The van der Waals surface area contributed by atoms with Gasteiger partial charge in [0.25, 0.3) is 0 Å². The molecule has 1 atom stereocenters. The molecular weight excluding hydrogens is 419 g/mol. The summed E-state index contributed by atoms with van der Waals surface area (Å²) in [7, 11) is 1.57. The van der Waals surface area contributed by atoms with E-state index in [-0.39, 0.29) is 24.4 Å². The van der Waals surface area contributed by atoms with E-state index in [1.54, 1.807) is 19.2 Å². The number of unbranched alkanes of at least 4 members (excludes halogenated alkanes) is 1. The van der Waals surface area contributed by atoms with Gasteiger partial charge in [-0.25, -0.2) is 17.8 Å². The Morgan fingerprint density at radius 2 is 2.19 bits per heavy atom. The van der Waals surface area contributed by atoms with Gasteiger partial charge < -0.3 is 19.7 Å². The standard InChI is InChI=1S/C22H33FN4O3S/c1-17(19-7-8-20(23)21(15-19)30-16-18-5-6-18)27-12-11-26(31-27)10-4-3-9-25(13-14-28)22(29)24-2/h7-8,14-15,17-18H,3-6,9-13,16H2,1-2H3,(H,24,29). The minimum atomic E-state index is -0.298. The summed E-state index contributed by atoms with van der Waals surface area (Å²) in [5.74, 6) is 0.644. The van der Waals surface area contributed by atoms with Crippen molar-refractivity contribution in [1.82, 2.24) is 18.8 Å². The van der Waals surface area contributed by atoms with Gasteiger partial charge in [0.1, 0.15) is 6.29 Å². The molecule has 0 spiro atoms. The van der Waals surface area contributed by atoms with E-state index in [9.17, 15) is 14.0 Å². The van der Waals surface area contributed by atoms with Gasteiger partial charge in [-0.3, -0.25) is 0 Å². The van der Waals surface area contributed by atoms with Crippen LogP contribution in [0.3, 0.4) is 0 Å². The largest absolute Gasteiger partial charge is 0.490 e. The number of amides is 2. The van der Waals surface area contributed by atoms with Gasteiger partial charge >= 0.3 is 6.03 Å². The fourth-order valence-corrected chi connectivity index (χ4v) is 4.62. The number of nitrogens with zero attached hydrogens (tertiary/aromatic N) is 3. The average molecular weight is 453 g/mol. The molecule has 1 aliphatic heterocycles. The van der Waals surface area contributed by atoms with Crippen molar-refractivity contribution < 1.29 is 18.7 Å². The van der Waals surface area contributed by atoms with E-state index < -0.39 is 0 Å². The van der Waals surface area contributed by atoms with Crippen molar-refractivity contribution in [3.8, 4) is 5.75 Å². The molecule has 2 aliphatic rings. The molecule has 7 nitrogen and oxygen atoms in total. The Balaban J connectivity index is 1.43. The van der Waals surface area contributed by atoms with Crippen LogP contribution in [0.2, 0.25) is 0 Å². The van der Waals surface area contributed by atoms with Crippen molar-refractivity contribution in [2.24, 2.45) is 5.92 Å². The Hall–Kier alpha value is -1.84. The number of carbonyl (C=O) groups excluding carboxylic acids is 2. The number of nitrogens with one attached hydrogen (secondary N) is 1. The van der Waals surface area contributed by atoms with Crippen LogP contribution in [0, 0.1) is 11.7 Å². The number of aldehydes is 1. The molecule has 31 heavy (non-hydrogen) atoms. The number of halogens is 1. The molecule has 3 rings (SSSR count). The van der Waals surface area contributed by atoms with Crippen LogP contribution in [0.5, 0.6) is 5.75 Å². The number of rotatable bonds is 12. The van der Waals surface area contributed by atoms with Gasteiger partial charge in [0.15, 0.2) is 11.6 Å². The van der Waals surface area contributed by atoms with Crippen LogP contribution in [0.4, 0.5) is 9.18 Å². The van der Waals surface area contributed by atoms with Gasteiger partial charge in [0, 0.05) is 51.4 Å². The fraction of sp³-hybridized carbons (Fsp3) is 0.636. The number of hydrogen-bond donors (Lipinski definition) is 1. The minimum absolute atomic E-state index is 0.119. The molecule has 1 aromatic carbocycles. The Morgan fingerprint density at radius 3 is 2.90 bits per heavy atom. The molecule has 1 aliphatic carbocycles. The zero-order chi connectivity index (χ0) is 22.2. The summed E-state index contributed by atoms with van der Waals surface area (Å²) < 4.78 is 24.4. The highest BCUT2D eigenvalue weighted by Crippen LogP contribution is 2.36. The lowest BCUT2D eigenvalue weighted by Gasteiger charge is -2.24. The normalized spacial score (nSPS) is 18.0. The van der Waals surface area contributed by atoms with Gasteiger partial charge in [0.2, 0.25) is 0 Å². The predicted octanol–water partition coefficient (Wildman–Crippen LogP) is 3.48. The second kappa shape index (κ2) is 11.7. The second-order valence-corrected chi connectivity index (χ2v) is 9.30. The lowest BCUT2D eigenvalue weighted by molar-refractivity contribution is -0.108. The van der Waals surface area contributed by atoms with E-state index in [0.29, 0.717) is 24.8 Å². The third-order valence-corrected chi connectivity index (χ3v) is 7.02. The van der Waals surface area contributed by atoms with Crippen LogP contribution < -0.4 is 10.1 Å². The summed E-state index contributed by atoms with van der Waals surface area (Å²) in [6.45, 7) is 6.21.